The molecular formula is C20H24IN3O3. The van der Waals surface area contributed by atoms with E-state index in [1.165, 1.54) is 0 Å². The molecule has 0 saturated heterocycles. The highest BCUT2D eigenvalue weighted by Crippen LogP contribution is 2.21. The Morgan fingerprint density at radius 3 is 2.44 bits per heavy atom. The number of nitrogens with two attached hydrogens (primary N) is 1. The van der Waals surface area contributed by atoms with Crippen LogP contribution in [0, 0.1) is 3.57 Å². The van der Waals surface area contributed by atoms with Gasteiger partial charge in [-0.05, 0) is 67.1 Å². The van der Waals surface area contributed by atoms with Gasteiger partial charge in [-0.15, -0.1) is 0 Å². The first-order valence-corrected chi connectivity index (χ1v) is 9.61. The van der Waals surface area contributed by atoms with Gasteiger partial charge in [0.25, 0.3) is 0 Å². The van der Waals surface area contributed by atoms with Crippen molar-refractivity contribution < 1.29 is 14.3 Å². The number of carbonyl (C=O) groups excluding carboxylic acids is 2. The number of ether oxygens (including phenoxy) is 1. The summed E-state index contributed by atoms with van der Waals surface area (Å²) < 4.78 is 6.23. The lowest BCUT2D eigenvalue weighted by molar-refractivity contribution is -0.118. The number of nitrogen functional groups attached to an aromatic ring is 1. The van der Waals surface area contributed by atoms with E-state index in [1.807, 2.05) is 36.4 Å². The topological polar surface area (TPSA) is 93.4 Å². The molecule has 0 heterocycles. The zero-order valence-corrected chi connectivity index (χ0v) is 17.7. The number of nitrogens with one attached hydrogen (secondary N) is 2. The zero-order chi connectivity index (χ0) is 20.0. The minimum absolute atomic E-state index is 0.329. The van der Waals surface area contributed by atoms with E-state index in [2.05, 4.69) is 33.2 Å². The standard InChI is InChI=1S/C20H24IN3O3/c1-20(2,3)27-19(26)24-17(11-13-7-5-4-6-8-13)18(25)23-16-12-14(21)9-10-15(16)22/h4-10,12,17H,11,22H2,1-3H3,(H,23,25)(H,24,26)/t17-/m0/s1. The fourth-order valence-electron chi connectivity index (χ4n) is 2.37. The van der Waals surface area contributed by atoms with Crippen LogP contribution in [0.1, 0.15) is 26.3 Å². The SMILES string of the molecule is CC(C)(C)OC(=O)N[C@@H](Cc1ccccc1)C(=O)Nc1cc(I)ccc1N. The molecule has 4 N–H and O–H groups in total. The normalized spacial score (nSPS) is 12.1. The van der Waals surface area contributed by atoms with E-state index in [1.54, 1.807) is 32.9 Å². The van der Waals surface area contributed by atoms with Crippen molar-refractivity contribution in [2.45, 2.75) is 38.8 Å². The Morgan fingerprint density at radius 2 is 1.81 bits per heavy atom. The highest BCUT2D eigenvalue weighted by Gasteiger charge is 2.25. The molecule has 0 aliphatic carbocycles. The lowest BCUT2D eigenvalue weighted by Gasteiger charge is -2.23. The minimum atomic E-state index is -0.806. The molecule has 0 aromatic heterocycles. The Labute approximate surface area is 173 Å². The third kappa shape index (κ3) is 7.09. The number of anilines is 2. The molecule has 27 heavy (non-hydrogen) atoms. The van der Waals surface area contributed by atoms with Crippen LogP contribution in [0.2, 0.25) is 0 Å². The van der Waals surface area contributed by atoms with Crippen LogP contribution in [0.5, 0.6) is 0 Å². The van der Waals surface area contributed by atoms with Gasteiger partial charge in [0, 0.05) is 9.99 Å². The maximum absolute atomic E-state index is 12.8. The largest absolute Gasteiger partial charge is 0.444 e. The molecular weight excluding hydrogens is 457 g/mol. The number of alkyl carbamates (subject to hydrolysis) is 1. The Bertz CT molecular complexity index is 804. The van der Waals surface area contributed by atoms with Crippen LogP contribution in [0.15, 0.2) is 48.5 Å². The summed E-state index contributed by atoms with van der Waals surface area (Å²) in [7, 11) is 0. The Morgan fingerprint density at radius 1 is 1.15 bits per heavy atom. The number of benzene rings is 2. The third-order valence-corrected chi connectivity index (χ3v) is 4.23. The third-order valence-electron chi connectivity index (χ3n) is 3.56. The van der Waals surface area contributed by atoms with Crippen molar-refractivity contribution in [3.63, 3.8) is 0 Å². The summed E-state index contributed by atoms with van der Waals surface area (Å²) in [4.78, 5) is 25.0. The van der Waals surface area contributed by atoms with Crippen molar-refractivity contribution in [3.05, 3.63) is 57.7 Å². The molecule has 6 nitrogen and oxygen atoms in total. The molecule has 0 aliphatic heterocycles. The molecule has 144 valence electrons. The molecule has 1 atom stereocenters. The average Bonchev–Trinajstić information content (AvgIpc) is 2.57. The molecule has 0 radical (unpaired) electrons. The van der Waals surface area contributed by atoms with E-state index >= 15 is 0 Å². The number of hydrogen-bond donors (Lipinski definition) is 3. The summed E-state index contributed by atoms with van der Waals surface area (Å²) >= 11 is 2.14. The van der Waals surface area contributed by atoms with E-state index < -0.39 is 17.7 Å². The second-order valence-corrected chi connectivity index (χ2v) is 8.35. The van der Waals surface area contributed by atoms with Crippen molar-refractivity contribution in [2.75, 3.05) is 11.1 Å². The van der Waals surface area contributed by atoms with Crippen molar-refractivity contribution in [2.24, 2.45) is 0 Å². The Hall–Kier alpha value is -2.29. The van der Waals surface area contributed by atoms with Crippen molar-refractivity contribution in [1.82, 2.24) is 5.32 Å². The number of hydrogen-bond acceptors (Lipinski definition) is 4. The number of carbonyl (C=O) groups is 2. The maximum Gasteiger partial charge on any atom is 0.408 e. The molecule has 0 saturated carbocycles. The summed E-state index contributed by atoms with van der Waals surface area (Å²) in [6.07, 6.45) is -0.315. The predicted octanol–water partition coefficient (Wildman–Crippen LogP) is 3.95. The van der Waals surface area contributed by atoms with E-state index in [9.17, 15) is 9.59 Å². The predicted molar refractivity (Wildman–Crippen MR) is 116 cm³/mol. The van der Waals surface area contributed by atoms with Crippen LogP contribution in [-0.2, 0) is 16.0 Å². The van der Waals surface area contributed by atoms with Crippen LogP contribution in [0.3, 0.4) is 0 Å². The summed E-state index contributed by atoms with van der Waals surface area (Å²) in [5, 5.41) is 5.46. The van der Waals surface area contributed by atoms with Crippen LogP contribution < -0.4 is 16.4 Å². The van der Waals surface area contributed by atoms with E-state index in [-0.39, 0.29) is 5.91 Å². The fourth-order valence-corrected chi connectivity index (χ4v) is 2.86. The van der Waals surface area contributed by atoms with Gasteiger partial charge in [-0.1, -0.05) is 30.3 Å². The molecule has 2 aromatic rings. The Balaban J connectivity index is 2.18. The van der Waals surface area contributed by atoms with Gasteiger partial charge in [-0.3, -0.25) is 4.79 Å². The van der Waals surface area contributed by atoms with Gasteiger partial charge >= 0.3 is 6.09 Å². The van der Waals surface area contributed by atoms with E-state index in [0.29, 0.717) is 17.8 Å². The number of halogens is 1. The summed E-state index contributed by atoms with van der Waals surface area (Å²) in [6, 6.07) is 14.0. The van der Waals surface area contributed by atoms with Crippen LogP contribution >= 0.6 is 22.6 Å². The van der Waals surface area contributed by atoms with Crippen LogP contribution in [0.4, 0.5) is 16.2 Å². The van der Waals surface area contributed by atoms with Gasteiger partial charge in [0.05, 0.1) is 11.4 Å². The van der Waals surface area contributed by atoms with Crippen molar-refractivity contribution in [3.8, 4) is 0 Å². The molecule has 2 rings (SSSR count). The molecule has 0 aliphatic rings. The zero-order valence-electron chi connectivity index (χ0n) is 15.6. The van der Waals surface area contributed by atoms with Gasteiger partial charge in [-0.25, -0.2) is 4.79 Å². The summed E-state index contributed by atoms with van der Waals surface area (Å²) in [5.74, 6) is -0.363. The summed E-state index contributed by atoms with van der Waals surface area (Å²) in [6.45, 7) is 5.31. The van der Waals surface area contributed by atoms with E-state index in [4.69, 9.17) is 10.5 Å². The average molecular weight is 481 g/mol. The van der Waals surface area contributed by atoms with Gasteiger partial charge in [0.2, 0.25) is 5.91 Å². The van der Waals surface area contributed by atoms with Crippen molar-refractivity contribution in [1.29, 1.82) is 0 Å². The second kappa shape index (κ2) is 9.07. The van der Waals surface area contributed by atoms with Crippen LogP contribution in [-0.4, -0.2) is 23.6 Å². The fraction of sp³-hybridized carbons (Fsp3) is 0.300. The molecule has 0 fully saturated rings. The lowest BCUT2D eigenvalue weighted by atomic mass is 10.1. The van der Waals surface area contributed by atoms with Crippen LogP contribution in [0.25, 0.3) is 0 Å². The molecule has 0 unspecified atom stereocenters. The first kappa shape index (κ1) is 21.0. The second-order valence-electron chi connectivity index (χ2n) is 7.11. The Kier molecular flexibility index (Phi) is 7.06. The molecule has 0 bridgehead atoms. The first-order valence-electron chi connectivity index (χ1n) is 8.53. The lowest BCUT2D eigenvalue weighted by Crippen LogP contribution is -2.47. The van der Waals surface area contributed by atoms with Crippen molar-refractivity contribution >= 4 is 46.0 Å². The quantitative estimate of drug-likeness (QED) is 0.446. The van der Waals surface area contributed by atoms with Gasteiger partial charge in [-0.2, -0.15) is 0 Å². The van der Waals surface area contributed by atoms with Gasteiger partial charge in [0.15, 0.2) is 0 Å². The first-order chi connectivity index (χ1) is 12.6. The molecule has 2 aromatic carbocycles. The number of rotatable bonds is 5. The minimum Gasteiger partial charge on any atom is -0.444 e. The molecule has 7 heteroatoms. The molecule has 0 spiro atoms. The number of amides is 2. The van der Waals surface area contributed by atoms with Gasteiger partial charge < -0.3 is 21.1 Å². The highest BCUT2D eigenvalue weighted by molar-refractivity contribution is 14.1. The smallest absolute Gasteiger partial charge is 0.408 e. The monoisotopic (exact) mass is 481 g/mol. The molecule has 2 amide bonds. The van der Waals surface area contributed by atoms with E-state index in [0.717, 1.165) is 9.13 Å². The van der Waals surface area contributed by atoms with Gasteiger partial charge in [0.1, 0.15) is 11.6 Å². The maximum atomic E-state index is 12.8. The highest BCUT2D eigenvalue weighted by atomic mass is 127. The summed E-state index contributed by atoms with van der Waals surface area (Å²) in [5.41, 5.74) is 7.18.